The molecule has 218 valence electrons. The lowest BCUT2D eigenvalue weighted by molar-refractivity contribution is -0.193. The number of carboxylic acid groups (broad SMARTS) is 2. The zero-order valence-corrected chi connectivity index (χ0v) is 21.5. The molecule has 9 nitrogen and oxygen atoms in total. The van der Waals surface area contributed by atoms with Crippen LogP contribution in [0.1, 0.15) is 29.1 Å². The molecule has 2 atom stereocenters. The third-order valence-corrected chi connectivity index (χ3v) is 6.62. The first-order valence-electron chi connectivity index (χ1n) is 11.4. The quantitative estimate of drug-likeness (QED) is 0.476. The van der Waals surface area contributed by atoms with Crippen LogP contribution in [0.25, 0.3) is 0 Å². The average Bonchev–Trinajstić information content (AvgIpc) is 3.45. The number of nitrogens with zero attached hydrogens (tertiary/aromatic N) is 3. The maximum absolute atomic E-state index is 10.6. The number of carbonyl (C=O) groups is 2. The first kappa shape index (κ1) is 32.4. The van der Waals surface area contributed by atoms with E-state index in [0.29, 0.717) is 12.7 Å². The molecular weight excluding hydrogens is 560 g/mol. The van der Waals surface area contributed by atoms with Crippen molar-refractivity contribution in [1.29, 1.82) is 0 Å². The van der Waals surface area contributed by atoms with E-state index in [1.807, 2.05) is 19.3 Å². The molecule has 0 amide bonds. The van der Waals surface area contributed by atoms with E-state index in [-0.39, 0.29) is 5.41 Å². The van der Waals surface area contributed by atoms with Gasteiger partial charge in [0, 0.05) is 49.4 Å². The molecule has 0 unspecified atom stereocenters. The Morgan fingerprint density at radius 1 is 1.15 bits per heavy atom. The number of aliphatic carboxylic acids is 2. The number of thiazole rings is 1. The smallest absolute Gasteiger partial charge is 0.475 e. The molecule has 2 N–H and O–H groups in total. The first-order valence-corrected chi connectivity index (χ1v) is 12.3. The third-order valence-electron chi connectivity index (χ3n) is 5.79. The standard InChI is InChI=1S/C19H25N3O2S.2C2HF3O2/c1-15-21-17(12-25-15)11-23-14-19-5-9-24-18(19)4-8-22(13-19)10-16-2-6-20-7-3-16;2*3-2(4,5)1(6)7/h2-3,6-7,12,18H,4-5,8-11,13-14H2,1H3;2*(H,6,7)/t18-,19+;;/m1../s1. The summed E-state index contributed by atoms with van der Waals surface area (Å²) < 4.78 is 75.6. The molecule has 0 radical (unpaired) electrons. The molecule has 2 aliphatic heterocycles. The van der Waals surface area contributed by atoms with Gasteiger partial charge in [0.2, 0.25) is 0 Å². The number of rotatable bonds is 6. The number of pyridine rings is 1. The number of ether oxygens (including phenoxy) is 2. The van der Waals surface area contributed by atoms with Gasteiger partial charge in [-0.1, -0.05) is 0 Å². The zero-order valence-electron chi connectivity index (χ0n) is 20.7. The van der Waals surface area contributed by atoms with Crippen LogP contribution < -0.4 is 0 Å². The van der Waals surface area contributed by atoms with Gasteiger partial charge in [-0.3, -0.25) is 9.88 Å². The Hall–Kier alpha value is -2.82. The van der Waals surface area contributed by atoms with E-state index in [1.54, 1.807) is 11.3 Å². The van der Waals surface area contributed by atoms with Gasteiger partial charge in [-0.25, -0.2) is 14.6 Å². The van der Waals surface area contributed by atoms with Crippen molar-refractivity contribution in [3.63, 3.8) is 0 Å². The summed E-state index contributed by atoms with van der Waals surface area (Å²) in [5, 5.41) is 17.4. The van der Waals surface area contributed by atoms with Crippen LogP contribution in [0.2, 0.25) is 0 Å². The summed E-state index contributed by atoms with van der Waals surface area (Å²) in [6, 6.07) is 4.20. The molecule has 2 fully saturated rings. The number of fused-ring (bicyclic) bond motifs is 1. The zero-order chi connectivity index (χ0) is 29.3. The van der Waals surface area contributed by atoms with Crippen molar-refractivity contribution < 1.29 is 55.6 Å². The second-order valence-corrected chi connectivity index (χ2v) is 9.85. The van der Waals surface area contributed by atoms with E-state index in [1.165, 1.54) is 5.56 Å². The highest BCUT2D eigenvalue weighted by atomic mass is 32.1. The van der Waals surface area contributed by atoms with Crippen LogP contribution in [-0.2, 0) is 32.2 Å². The van der Waals surface area contributed by atoms with Crippen molar-refractivity contribution in [2.45, 2.75) is 51.4 Å². The normalized spacial score (nSPS) is 21.2. The second kappa shape index (κ2) is 14.0. The van der Waals surface area contributed by atoms with E-state index in [4.69, 9.17) is 29.3 Å². The lowest BCUT2D eigenvalue weighted by Gasteiger charge is -2.43. The van der Waals surface area contributed by atoms with E-state index < -0.39 is 24.3 Å². The van der Waals surface area contributed by atoms with Crippen LogP contribution in [0.3, 0.4) is 0 Å². The second-order valence-electron chi connectivity index (χ2n) is 8.78. The van der Waals surface area contributed by atoms with Crippen LogP contribution in [-0.4, -0.2) is 81.8 Å². The predicted octanol–water partition coefficient (Wildman–Crippen LogP) is 4.31. The van der Waals surface area contributed by atoms with Crippen molar-refractivity contribution in [2.24, 2.45) is 5.41 Å². The van der Waals surface area contributed by atoms with Crippen LogP contribution in [0.4, 0.5) is 26.3 Å². The van der Waals surface area contributed by atoms with Crippen LogP contribution in [0.15, 0.2) is 29.9 Å². The monoisotopic (exact) mass is 587 g/mol. The fourth-order valence-electron chi connectivity index (χ4n) is 4.06. The number of piperidine rings is 1. The summed E-state index contributed by atoms with van der Waals surface area (Å²) >= 11 is 1.68. The SMILES string of the molecule is Cc1nc(COC[C@@]23CCO[C@@H]2CCN(Cc2ccncc2)C3)cs1.O=C(O)C(F)(F)F.O=C(O)C(F)(F)F. The highest BCUT2D eigenvalue weighted by Gasteiger charge is 2.48. The number of aryl methyl sites for hydroxylation is 1. The number of hydrogen-bond acceptors (Lipinski definition) is 8. The average molecular weight is 588 g/mol. The number of alkyl halides is 6. The topological polar surface area (TPSA) is 122 Å². The van der Waals surface area contributed by atoms with E-state index in [2.05, 4.69) is 32.4 Å². The van der Waals surface area contributed by atoms with E-state index in [9.17, 15) is 26.3 Å². The summed E-state index contributed by atoms with van der Waals surface area (Å²) in [6.07, 6.45) is -3.92. The Kier molecular flexibility index (Phi) is 11.6. The third kappa shape index (κ3) is 10.7. The number of halogens is 6. The molecule has 2 aliphatic rings. The summed E-state index contributed by atoms with van der Waals surface area (Å²) in [5.74, 6) is -5.51. The van der Waals surface area contributed by atoms with Crippen molar-refractivity contribution in [2.75, 3.05) is 26.3 Å². The molecule has 16 heteroatoms. The molecule has 2 aromatic heterocycles. The van der Waals surface area contributed by atoms with Crippen LogP contribution >= 0.6 is 11.3 Å². The van der Waals surface area contributed by atoms with Crippen LogP contribution in [0.5, 0.6) is 0 Å². The van der Waals surface area contributed by atoms with Gasteiger partial charge < -0.3 is 19.7 Å². The summed E-state index contributed by atoms with van der Waals surface area (Å²) in [6.45, 7) is 7.33. The summed E-state index contributed by atoms with van der Waals surface area (Å²) in [4.78, 5) is 28.9. The molecular formula is C23H27F6N3O6S. The number of aromatic nitrogens is 2. The first-order chi connectivity index (χ1) is 18.1. The Labute approximate surface area is 223 Å². The predicted molar refractivity (Wildman–Crippen MR) is 125 cm³/mol. The van der Waals surface area contributed by atoms with Gasteiger partial charge in [0.05, 0.1) is 30.0 Å². The Morgan fingerprint density at radius 2 is 1.74 bits per heavy atom. The number of hydrogen-bond donors (Lipinski definition) is 2. The van der Waals surface area contributed by atoms with Crippen LogP contribution in [0, 0.1) is 12.3 Å². The lowest BCUT2D eigenvalue weighted by atomic mass is 9.77. The van der Waals surface area contributed by atoms with Gasteiger partial charge in [-0.2, -0.15) is 26.3 Å². The maximum Gasteiger partial charge on any atom is 0.490 e. The molecule has 39 heavy (non-hydrogen) atoms. The molecule has 0 aliphatic carbocycles. The van der Waals surface area contributed by atoms with E-state index >= 15 is 0 Å². The number of likely N-dealkylation sites (tertiary alicyclic amines) is 1. The molecule has 2 saturated heterocycles. The molecule has 4 heterocycles. The molecule has 2 aromatic rings. The summed E-state index contributed by atoms with van der Waals surface area (Å²) in [5.41, 5.74) is 2.48. The maximum atomic E-state index is 10.6. The molecule has 0 spiro atoms. The summed E-state index contributed by atoms with van der Waals surface area (Å²) in [7, 11) is 0. The van der Waals surface area contributed by atoms with Crippen molar-refractivity contribution in [1.82, 2.24) is 14.9 Å². The van der Waals surface area contributed by atoms with Gasteiger partial charge in [-0.15, -0.1) is 11.3 Å². The van der Waals surface area contributed by atoms with Crippen molar-refractivity contribution >= 4 is 23.3 Å². The molecule has 0 bridgehead atoms. The minimum atomic E-state index is -5.08. The van der Waals surface area contributed by atoms with Gasteiger partial charge in [0.15, 0.2) is 0 Å². The fraction of sp³-hybridized carbons (Fsp3) is 0.565. The molecule has 4 rings (SSSR count). The van der Waals surface area contributed by atoms with Gasteiger partial charge in [0.1, 0.15) is 0 Å². The Morgan fingerprint density at radius 3 is 2.26 bits per heavy atom. The Balaban J connectivity index is 0.000000317. The van der Waals surface area contributed by atoms with Gasteiger partial charge in [0.25, 0.3) is 0 Å². The largest absolute Gasteiger partial charge is 0.490 e. The highest BCUT2D eigenvalue weighted by molar-refractivity contribution is 7.09. The van der Waals surface area contributed by atoms with Crippen molar-refractivity contribution in [3.05, 3.63) is 46.2 Å². The lowest BCUT2D eigenvalue weighted by Crippen LogP contribution is -2.51. The van der Waals surface area contributed by atoms with Crippen molar-refractivity contribution in [3.8, 4) is 0 Å². The van der Waals surface area contributed by atoms with Gasteiger partial charge >= 0.3 is 24.3 Å². The minimum absolute atomic E-state index is 0.121. The number of carboxylic acids is 2. The minimum Gasteiger partial charge on any atom is -0.475 e. The molecule has 0 aromatic carbocycles. The molecule has 0 saturated carbocycles. The highest BCUT2D eigenvalue weighted by Crippen LogP contribution is 2.41. The fourth-order valence-corrected chi connectivity index (χ4v) is 4.66. The van der Waals surface area contributed by atoms with E-state index in [0.717, 1.165) is 56.4 Å². The Bertz CT molecular complexity index is 1040. The van der Waals surface area contributed by atoms with Gasteiger partial charge in [-0.05, 0) is 37.5 Å².